The van der Waals surface area contributed by atoms with Gasteiger partial charge in [-0.05, 0) is 91.0 Å². The van der Waals surface area contributed by atoms with Gasteiger partial charge in [0.25, 0.3) is 0 Å². The van der Waals surface area contributed by atoms with E-state index < -0.39 is 0 Å². The normalized spacial score (nSPS) is 10.4. The fourth-order valence-electron chi connectivity index (χ4n) is 5.17. The fraction of sp³-hybridized carbons (Fsp3) is 0.0250. The number of rotatable bonds is 4. The number of nitrogens with zero attached hydrogens (tertiary/aromatic N) is 3. The average molecular weight is 881 g/mol. The molecule has 2 N–H and O–H groups in total. The Morgan fingerprint density at radius 3 is 1.17 bits per heavy atom. The quantitative estimate of drug-likeness (QED) is 0.171. The maximum Gasteiger partial charge on any atom is 0.129 e. The van der Waals surface area contributed by atoms with Gasteiger partial charge in [-0.3, -0.25) is 0 Å². The number of thiazole rings is 3. The van der Waals surface area contributed by atoms with Crippen LogP contribution in [0.5, 0.6) is 17.2 Å². The zero-order chi connectivity index (χ0) is 36.2. The molecule has 0 amide bonds. The predicted molar refractivity (Wildman–Crippen MR) is 205 cm³/mol. The maximum atomic E-state index is 13.3. The standard InChI is InChI=1S/C14H10FNOS.2C13H8FNOS.2Zn/c1-17-12-7-6-9(15)8-10(12)14-16-11-4-2-3-5-13(11)18-14;2*14-8-5-6-11(16)9(7-8)13-15-10-3-1-2-4-12(10)17-13;;/h2-8H,1H3;2*1-7,16H;;. The Bertz CT molecular complexity index is 2470. The van der Waals surface area contributed by atoms with E-state index in [0.717, 1.165) is 35.7 Å². The Hall–Kier alpha value is -4.57. The number of methoxy groups -OCH3 is 1. The average Bonchev–Trinajstić information content (AvgIpc) is 3.91. The third-order valence-electron chi connectivity index (χ3n) is 7.65. The molecule has 0 bridgehead atoms. The first kappa shape index (κ1) is 40.6. The van der Waals surface area contributed by atoms with Gasteiger partial charge in [0.05, 0.1) is 54.5 Å². The molecule has 0 aliphatic rings. The van der Waals surface area contributed by atoms with Crippen LogP contribution >= 0.6 is 34.0 Å². The van der Waals surface area contributed by atoms with Gasteiger partial charge in [0.15, 0.2) is 0 Å². The fourth-order valence-corrected chi connectivity index (χ4v) is 8.14. The van der Waals surface area contributed by atoms with Crippen LogP contribution in [0.4, 0.5) is 13.2 Å². The molecule has 9 rings (SSSR count). The van der Waals surface area contributed by atoms with Crippen molar-refractivity contribution in [3.63, 3.8) is 0 Å². The van der Waals surface area contributed by atoms with E-state index in [4.69, 9.17) is 4.74 Å². The summed E-state index contributed by atoms with van der Waals surface area (Å²) < 4.78 is 48.0. The summed E-state index contributed by atoms with van der Waals surface area (Å²) in [5.74, 6) is -0.314. The molecule has 0 aliphatic heterocycles. The molecule has 3 aromatic heterocycles. The number of benzene rings is 6. The topological polar surface area (TPSA) is 88.4 Å². The second-order valence-corrected chi connectivity index (χ2v) is 14.2. The molecular weight excluding hydrogens is 854 g/mol. The third-order valence-corrected chi connectivity index (χ3v) is 10.9. The first-order valence-electron chi connectivity index (χ1n) is 15.6. The number of halogens is 3. The Labute approximate surface area is 345 Å². The van der Waals surface area contributed by atoms with Crippen molar-refractivity contribution in [3.8, 4) is 49.0 Å². The van der Waals surface area contributed by atoms with Crippen LogP contribution in [-0.4, -0.2) is 32.3 Å². The summed E-state index contributed by atoms with van der Waals surface area (Å²) >= 11 is 4.40. The largest absolute Gasteiger partial charge is 0.507 e. The predicted octanol–water partition coefficient (Wildman–Crippen LogP) is 11.7. The van der Waals surface area contributed by atoms with Gasteiger partial charge in [0.2, 0.25) is 0 Å². The number of phenolic OH excluding ortho intramolecular Hbond substituents is 2. The van der Waals surface area contributed by atoms with E-state index in [-0.39, 0.29) is 67.9 Å². The van der Waals surface area contributed by atoms with Crippen LogP contribution in [0.15, 0.2) is 127 Å². The zero-order valence-corrected chi connectivity index (χ0v) is 36.9. The van der Waals surface area contributed by atoms with Gasteiger partial charge < -0.3 is 14.9 Å². The van der Waals surface area contributed by atoms with Crippen molar-refractivity contribution < 1.29 is 67.1 Å². The molecule has 0 unspecified atom stereocenters. The second kappa shape index (κ2) is 18.2. The van der Waals surface area contributed by atoms with Crippen LogP contribution < -0.4 is 4.74 Å². The Balaban J connectivity index is 0.000000153. The molecule has 3 heterocycles. The monoisotopic (exact) mass is 877 g/mol. The molecule has 262 valence electrons. The van der Waals surface area contributed by atoms with E-state index in [1.165, 1.54) is 82.5 Å². The molecule has 0 spiro atoms. The van der Waals surface area contributed by atoms with Gasteiger partial charge in [0.1, 0.15) is 49.7 Å². The Kier molecular flexibility index (Phi) is 13.7. The third kappa shape index (κ3) is 9.20. The molecule has 14 heteroatoms. The molecule has 6 nitrogen and oxygen atoms in total. The number of aromatic hydroxyl groups is 2. The summed E-state index contributed by atoms with van der Waals surface area (Å²) in [7, 11) is 1.57. The molecule has 6 aromatic carbocycles. The van der Waals surface area contributed by atoms with E-state index >= 15 is 0 Å². The minimum absolute atomic E-state index is 0. The van der Waals surface area contributed by atoms with Crippen molar-refractivity contribution in [1.82, 2.24) is 15.0 Å². The van der Waals surface area contributed by atoms with Gasteiger partial charge in [-0.25, -0.2) is 28.1 Å². The van der Waals surface area contributed by atoms with Crippen molar-refractivity contribution in [3.05, 3.63) is 145 Å². The number of aromatic nitrogens is 3. The van der Waals surface area contributed by atoms with Gasteiger partial charge >= 0.3 is 0 Å². The zero-order valence-electron chi connectivity index (χ0n) is 28.5. The molecule has 0 saturated heterocycles. The van der Waals surface area contributed by atoms with Crippen molar-refractivity contribution in [2.75, 3.05) is 7.11 Å². The van der Waals surface area contributed by atoms with E-state index in [9.17, 15) is 23.4 Å². The SMILES string of the molecule is COc1ccc(F)cc1-c1nc2ccccc2s1.Oc1ccc(F)cc1-c1nc2ccccc2s1.Oc1ccc(F)cc1-c1nc2ccccc2s1.[Zn].[Zn]. The van der Waals surface area contributed by atoms with Crippen LogP contribution in [0.2, 0.25) is 0 Å². The van der Waals surface area contributed by atoms with Crippen LogP contribution in [-0.2, 0) is 39.0 Å². The van der Waals surface area contributed by atoms with Crippen LogP contribution in [0.1, 0.15) is 0 Å². The minimum atomic E-state index is -0.378. The summed E-state index contributed by atoms with van der Waals surface area (Å²) in [6.45, 7) is 0. The molecule has 54 heavy (non-hydrogen) atoms. The van der Waals surface area contributed by atoms with Gasteiger partial charge in [-0.2, -0.15) is 0 Å². The van der Waals surface area contributed by atoms with E-state index in [1.54, 1.807) is 13.2 Å². The van der Waals surface area contributed by atoms with E-state index in [1.807, 2.05) is 72.8 Å². The van der Waals surface area contributed by atoms with E-state index in [0.29, 0.717) is 32.5 Å². The molecule has 0 aliphatic carbocycles. The maximum absolute atomic E-state index is 13.3. The number of hydrogen-bond donors (Lipinski definition) is 2. The van der Waals surface area contributed by atoms with E-state index in [2.05, 4.69) is 15.0 Å². The molecule has 0 saturated carbocycles. The number of ether oxygens (including phenoxy) is 1. The second-order valence-electron chi connectivity index (χ2n) is 11.1. The molecule has 0 atom stereocenters. The van der Waals surface area contributed by atoms with Crippen molar-refractivity contribution >= 4 is 64.7 Å². The smallest absolute Gasteiger partial charge is 0.129 e. The summed E-state index contributed by atoms with van der Waals surface area (Å²) in [6, 6.07) is 35.4. The van der Waals surface area contributed by atoms with Crippen molar-refractivity contribution in [1.29, 1.82) is 0 Å². The minimum Gasteiger partial charge on any atom is -0.507 e. The first-order valence-corrected chi connectivity index (χ1v) is 18.1. The molecule has 0 radical (unpaired) electrons. The molecule has 9 aromatic rings. The summed E-state index contributed by atoms with van der Waals surface area (Å²) in [5, 5.41) is 21.5. The summed E-state index contributed by atoms with van der Waals surface area (Å²) in [5.41, 5.74) is 4.20. The van der Waals surface area contributed by atoms with Crippen LogP contribution in [0.3, 0.4) is 0 Å². The number of fused-ring (bicyclic) bond motifs is 3. The van der Waals surface area contributed by atoms with Gasteiger partial charge in [-0.15, -0.1) is 34.0 Å². The van der Waals surface area contributed by atoms with Crippen LogP contribution in [0.25, 0.3) is 62.4 Å². The number of hydrogen-bond acceptors (Lipinski definition) is 9. The number of para-hydroxylation sites is 3. The Morgan fingerprint density at radius 1 is 0.463 bits per heavy atom. The summed E-state index contributed by atoms with van der Waals surface area (Å²) in [6.07, 6.45) is 0. The van der Waals surface area contributed by atoms with Gasteiger partial charge in [-0.1, -0.05) is 36.4 Å². The van der Waals surface area contributed by atoms with Crippen molar-refractivity contribution in [2.45, 2.75) is 0 Å². The Morgan fingerprint density at radius 2 is 0.796 bits per heavy atom. The van der Waals surface area contributed by atoms with Gasteiger partial charge in [0, 0.05) is 39.0 Å². The first-order chi connectivity index (χ1) is 25.2. The summed E-state index contributed by atoms with van der Waals surface area (Å²) in [4.78, 5) is 13.3. The molecular formula is C40H26F3N3O3S3Zn2. The van der Waals surface area contributed by atoms with Crippen molar-refractivity contribution in [2.24, 2.45) is 0 Å². The molecule has 0 fully saturated rings. The van der Waals surface area contributed by atoms with Crippen LogP contribution in [0, 0.1) is 17.5 Å². The number of phenols is 2.